The molecule has 382 valence electrons. The minimum absolute atomic E-state index is 0.133. The number of carbonyl (C=O) groups is 3. The fourth-order valence-electron chi connectivity index (χ4n) is 6.90. The van der Waals surface area contributed by atoms with Crippen LogP contribution in [0.15, 0.2) is 134 Å². The number of hydrogen-bond donors (Lipinski definition) is 0. The highest BCUT2D eigenvalue weighted by molar-refractivity contribution is 5.71. The van der Waals surface area contributed by atoms with Crippen LogP contribution in [-0.2, 0) is 28.6 Å². The van der Waals surface area contributed by atoms with Gasteiger partial charge in [0, 0.05) is 19.3 Å². The Morgan fingerprint density at radius 2 is 0.662 bits per heavy atom. The van der Waals surface area contributed by atoms with Crippen molar-refractivity contribution in [3.8, 4) is 0 Å². The Hall–Kier alpha value is -4.45. The Bertz CT molecular complexity index is 1500. The average Bonchev–Trinajstić information content (AvgIpc) is 3.34. The molecule has 0 heterocycles. The molecule has 0 aliphatic heterocycles. The second kappa shape index (κ2) is 55.1. The van der Waals surface area contributed by atoms with Gasteiger partial charge in [0.25, 0.3) is 0 Å². The summed E-state index contributed by atoms with van der Waals surface area (Å²) in [7, 11) is 0. The highest BCUT2D eigenvalue weighted by Crippen LogP contribution is 2.12. The third-order valence-corrected chi connectivity index (χ3v) is 11.0. The third kappa shape index (κ3) is 52.5. The van der Waals surface area contributed by atoms with E-state index in [1.807, 2.05) is 12.2 Å². The van der Waals surface area contributed by atoms with Gasteiger partial charge in [0.05, 0.1) is 0 Å². The first-order valence-electron chi connectivity index (χ1n) is 27.3. The first-order chi connectivity index (χ1) is 33.5. The van der Waals surface area contributed by atoms with Crippen LogP contribution in [0.2, 0.25) is 0 Å². The zero-order valence-corrected chi connectivity index (χ0v) is 43.6. The van der Waals surface area contributed by atoms with Crippen molar-refractivity contribution in [2.24, 2.45) is 0 Å². The van der Waals surface area contributed by atoms with Crippen molar-refractivity contribution in [3.63, 3.8) is 0 Å². The summed E-state index contributed by atoms with van der Waals surface area (Å²) in [5, 5.41) is 0. The number of rotatable bonds is 47. The fourth-order valence-corrected chi connectivity index (χ4v) is 6.90. The number of hydrogen-bond acceptors (Lipinski definition) is 6. The maximum Gasteiger partial charge on any atom is 0.306 e. The van der Waals surface area contributed by atoms with Crippen molar-refractivity contribution in [2.45, 2.75) is 226 Å². The third-order valence-electron chi connectivity index (χ3n) is 11.0. The van der Waals surface area contributed by atoms with Gasteiger partial charge in [0.1, 0.15) is 13.2 Å². The van der Waals surface area contributed by atoms with E-state index >= 15 is 0 Å². The smallest absolute Gasteiger partial charge is 0.306 e. The standard InChI is InChI=1S/C62H98O6/c1-4-7-10-13-16-19-22-25-28-31-32-35-37-40-43-46-49-52-55-61(64)67-58-59(68-62(65)56-53-50-47-44-41-38-34-30-27-24-21-18-15-12-9-6-3)57-66-60(63)54-51-48-45-42-39-36-33-29-26-23-20-17-14-11-8-5-2/h9,12,16,18-19,21-22,25,27-33,35-36,38-39,41,47,50,59H,4-8,10-11,13-15,17,20,23-24,26,34,37,40,42-46,48-49,51-58H2,1-3H3/b12-9-,19-16-,21-18-,25-22-,30-27-,31-28-,33-29-,35-32-,39-36-,41-38-,50-47-. The molecule has 0 saturated heterocycles. The average molecular weight is 939 g/mol. The van der Waals surface area contributed by atoms with E-state index in [0.29, 0.717) is 19.3 Å². The van der Waals surface area contributed by atoms with Crippen LogP contribution in [0, 0.1) is 0 Å². The van der Waals surface area contributed by atoms with Crippen molar-refractivity contribution in [1.29, 1.82) is 0 Å². The molecule has 0 aliphatic rings. The van der Waals surface area contributed by atoms with E-state index in [2.05, 4.69) is 142 Å². The zero-order valence-electron chi connectivity index (χ0n) is 43.6. The monoisotopic (exact) mass is 939 g/mol. The largest absolute Gasteiger partial charge is 0.462 e. The molecule has 6 heteroatoms. The minimum Gasteiger partial charge on any atom is -0.462 e. The summed E-state index contributed by atoms with van der Waals surface area (Å²) in [5.74, 6) is -1.07. The van der Waals surface area contributed by atoms with Gasteiger partial charge in [-0.25, -0.2) is 0 Å². The predicted molar refractivity (Wildman–Crippen MR) is 292 cm³/mol. The van der Waals surface area contributed by atoms with Crippen LogP contribution in [0.3, 0.4) is 0 Å². The zero-order chi connectivity index (χ0) is 49.3. The molecule has 0 aromatic carbocycles. The van der Waals surface area contributed by atoms with Crippen LogP contribution in [0.5, 0.6) is 0 Å². The summed E-state index contributed by atoms with van der Waals surface area (Å²) in [4.78, 5) is 38.0. The van der Waals surface area contributed by atoms with Crippen molar-refractivity contribution in [3.05, 3.63) is 134 Å². The Morgan fingerprint density at radius 1 is 0.324 bits per heavy atom. The van der Waals surface area contributed by atoms with Crippen molar-refractivity contribution in [2.75, 3.05) is 13.2 Å². The van der Waals surface area contributed by atoms with Crippen molar-refractivity contribution >= 4 is 17.9 Å². The second-order valence-corrected chi connectivity index (χ2v) is 17.5. The normalized spacial score (nSPS) is 13.2. The van der Waals surface area contributed by atoms with Gasteiger partial charge in [-0.1, -0.05) is 231 Å². The highest BCUT2D eigenvalue weighted by atomic mass is 16.6. The molecular formula is C62H98O6. The lowest BCUT2D eigenvalue weighted by Gasteiger charge is -2.18. The fraction of sp³-hybridized carbons (Fsp3) is 0.597. The molecule has 0 bridgehead atoms. The van der Waals surface area contributed by atoms with Gasteiger partial charge in [-0.15, -0.1) is 0 Å². The summed E-state index contributed by atoms with van der Waals surface area (Å²) in [5.41, 5.74) is 0. The summed E-state index contributed by atoms with van der Waals surface area (Å²) in [6, 6.07) is 0. The van der Waals surface area contributed by atoms with Crippen LogP contribution in [0.1, 0.15) is 220 Å². The molecule has 0 amide bonds. The van der Waals surface area contributed by atoms with E-state index in [1.54, 1.807) is 0 Å². The van der Waals surface area contributed by atoms with Crippen LogP contribution in [-0.4, -0.2) is 37.2 Å². The minimum atomic E-state index is -0.844. The Morgan fingerprint density at radius 3 is 1.12 bits per heavy atom. The molecule has 0 fully saturated rings. The molecule has 0 spiro atoms. The molecule has 0 aromatic heterocycles. The van der Waals surface area contributed by atoms with Crippen LogP contribution in [0.25, 0.3) is 0 Å². The van der Waals surface area contributed by atoms with Crippen molar-refractivity contribution in [1.82, 2.24) is 0 Å². The lowest BCUT2D eigenvalue weighted by Crippen LogP contribution is -2.30. The van der Waals surface area contributed by atoms with E-state index in [0.717, 1.165) is 109 Å². The lowest BCUT2D eigenvalue weighted by atomic mass is 10.1. The van der Waals surface area contributed by atoms with Crippen LogP contribution in [0.4, 0.5) is 0 Å². The molecule has 6 nitrogen and oxygen atoms in total. The maximum absolute atomic E-state index is 12.8. The van der Waals surface area contributed by atoms with E-state index in [-0.39, 0.29) is 31.6 Å². The van der Waals surface area contributed by atoms with Gasteiger partial charge >= 0.3 is 17.9 Å². The molecule has 0 radical (unpaired) electrons. The number of unbranched alkanes of at least 4 members (excludes halogenated alkanes) is 18. The van der Waals surface area contributed by atoms with Gasteiger partial charge in [-0.05, 0) is 103 Å². The van der Waals surface area contributed by atoms with Gasteiger partial charge in [-0.2, -0.15) is 0 Å². The number of carbonyl (C=O) groups excluding carboxylic acids is 3. The van der Waals surface area contributed by atoms with E-state index < -0.39 is 12.1 Å². The predicted octanol–water partition coefficient (Wildman–Crippen LogP) is 18.3. The number of ether oxygens (including phenoxy) is 3. The van der Waals surface area contributed by atoms with Crippen LogP contribution >= 0.6 is 0 Å². The summed E-state index contributed by atoms with van der Waals surface area (Å²) in [6.45, 7) is 6.36. The molecule has 1 atom stereocenters. The topological polar surface area (TPSA) is 78.9 Å². The molecule has 0 saturated carbocycles. The molecule has 0 rings (SSSR count). The first-order valence-corrected chi connectivity index (χ1v) is 27.3. The van der Waals surface area contributed by atoms with E-state index in [1.165, 1.54) is 64.2 Å². The summed E-state index contributed by atoms with van der Waals surface area (Å²) >= 11 is 0. The number of allylic oxidation sites excluding steroid dienone is 22. The molecule has 0 N–H and O–H groups in total. The maximum atomic E-state index is 12.8. The molecule has 68 heavy (non-hydrogen) atoms. The molecular weight excluding hydrogens is 841 g/mol. The van der Waals surface area contributed by atoms with Gasteiger partial charge in [0.15, 0.2) is 6.10 Å². The Balaban J connectivity index is 4.61. The molecule has 1 unspecified atom stereocenters. The van der Waals surface area contributed by atoms with Crippen molar-refractivity contribution < 1.29 is 28.6 Å². The quantitative estimate of drug-likeness (QED) is 0.0199. The van der Waals surface area contributed by atoms with E-state index in [9.17, 15) is 14.4 Å². The highest BCUT2D eigenvalue weighted by Gasteiger charge is 2.19. The Kier molecular flexibility index (Phi) is 51.5. The Labute approximate surface area is 417 Å². The number of esters is 3. The SMILES string of the molecule is CC/C=C\C/C=C\C/C=C\C/C=C\C/C=C\CCC(=O)OC(COC(=O)CCCCC/C=C\C=C/CCCCCCCCC)COC(=O)CCCCCCC\C=C/C=C\C=C/C=C\CCCCC. The molecule has 0 aliphatic carbocycles. The van der Waals surface area contributed by atoms with E-state index in [4.69, 9.17) is 14.2 Å². The first kappa shape index (κ1) is 63.5. The summed E-state index contributed by atoms with van der Waals surface area (Å²) in [6.07, 6.45) is 77.3. The second-order valence-electron chi connectivity index (χ2n) is 17.5. The van der Waals surface area contributed by atoms with Gasteiger partial charge in [0.2, 0.25) is 0 Å². The van der Waals surface area contributed by atoms with Crippen LogP contribution < -0.4 is 0 Å². The summed E-state index contributed by atoms with van der Waals surface area (Å²) < 4.78 is 16.7. The van der Waals surface area contributed by atoms with Gasteiger partial charge in [-0.3, -0.25) is 14.4 Å². The molecule has 0 aromatic rings. The van der Waals surface area contributed by atoms with Gasteiger partial charge < -0.3 is 14.2 Å². The lowest BCUT2D eigenvalue weighted by molar-refractivity contribution is -0.166.